The van der Waals surface area contributed by atoms with Crippen molar-refractivity contribution in [3.05, 3.63) is 28.2 Å². The number of fused-ring (bicyclic) bond motifs is 3. The molecule has 2 N–H and O–H groups in total. The van der Waals surface area contributed by atoms with Crippen LogP contribution in [-0.2, 0) is 0 Å². The van der Waals surface area contributed by atoms with Gasteiger partial charge in [0.25, 0.3) is 0 Å². The van der Waals surface area contributed by atoms with Gasteiger partial charge in [0, 0.05) is 28.7 Å². The standard InChI is InChI=1S/C11H13BrN2/c12-7-1-2-10-8(5-7)9-6-13-4-3-11(9)14-10/h1-2,5,9,11,13-14H,3-4,6H2/t9-,11-/m0/s1. The largest absolute Gasteiger partial charge is 0.381 e. The molecule has 0 saturated carbocycles. The van der Waals surface area contributed by atoms with E-state index in [1.165, 1.54) is 22.1 Å². The predicted molar refractivity (Wildman–Crippen MR) is 61.8 cm³/mol. The van der Waals surface area contributed by atoms with Crippen molar-refractivity contribution in [2.45, 2.75) is 18.4 Å². The van der Waals surface area contributed by atoms with E-state index in [0.29, 0.717) is 12.0 Å². The van der Waals surface area contributed by atoms with Gasteiger partial charge < -0.3 is 10.6 Å². The van der Waals surface area contributed by atoms with Gasteiger partial charge in [0.2, 0.25) is 0 Å². The van der Waals surface area contributed by atoms with Crippen LogP contribution in [0.1, 0.15) is 17.9 Å². The fourth-order valence-electron chi connectivity index (χ4n) is 2.53. The Kier molecular flexibility index (Phi) is 2.03. The Balaban J connectivity index is 2.02. The van der Waals surface area contributed by atoms with Gasteiger partial charge in [-0.15, -0.1) is 0 Å². The number of hydrogen-bond acceptors (Lipinski definition) is 2. The molecule has 2 heterocycles. The molecular weight excluding hydrogens is 240 g/mol. The van der Waals surface area contributed by atoms with Crippen LogP contribution < -0.4 is 10.6 Å². The predicted octanol–water partition coefficient (Wildman–Crippen LogP) is 2.32. The fourth-order valence-corrected chi connectivity index (χ4v) is 2.91. The third kappa shape index (κ3) is 1.27. The molecule has 0 amide bonds. The van der Waals surface area contributed by atoms with Crippen LogP contribution in [0.15, 0.2) is 22.7 Å². The lowest BCUT2D eigenvalue weighted by atomic mass is 9.91. The summed E-state index contributed by atoms with van der Waals surface area (Å²) in [6.45, 7) is 2.25. The van der Waals surface area contributed by atoms with Crippen LogP contribution in [0.3, 0.4) is 0 Å². The topological polar surface area (TPSA) is 24.1 Å². The minimum atomic E-state index is 0.653. The summed E-state index contributed by atoms with van der Waals surface area (Å²) >= 11 is 3.53. The van der Waals surface area contributed by atoms with Crippen molar-refractivity contribution in [3.63, 3.8) is 0 Å². The number of hydrogen-bond donors (Lipinski definition) is 2. The van der Waals surface area contributed by atoms with E-state index in [2.05, 4.69) is 44.8 Å². The number of rotatable bonds is 0. The Morgan fingerprint density at radius 3 is 3.21 bits per heavy atom. The lowest BCUT2D eigenvalue weighted by Crippen LogP contribution is -2.38. The second kappa shape index (κ2) is 3.24. The molecular formula is C11H13BrN2. The van der Waals surface area contributed by atoms with Crippen molar-refractivity contribution >= 4 is 21.6 Å². The molecule has 2 aliphatic heterocycles. The first kappa shape index (κ1) is 8.74. The zero-order chi connectivity index (χ0) is 9.54. The van der Waals surface area contributed by atoms with Crippen molar-refractivity contribution in [1.82, 2.24) is 5.32 Å². The molecule has 1 aromatic rings. The highest BCUT2D eigenvalue weighted by Gasteiger charge is 2.33. The van der Waals surface area contributed by atoms with Gasteiger partial charge >= 0.3 is 0 Å². The van der Waals surface area contributed by atoms with Crippen molar-refractivity contribution < 1.29 is 0 Å². The van der Waals surface area contributed by atoms with Crippen LogP contribution in [0.25, 0.3) is 0 Å². The molecule has 3 rings (SSSR count). The third-order valence-corrected chi connectivity index (χ3v) is 3.73. The highest BCUT2D eigenvalue weighted by Crippen LogP contribution is 2.39. The summed E-state index contributed by atoms with van der Waals surface area (Å²) in [6.07, 6.45) is 1.23. The molecule has 0 unspecified atom stereocenters. The first-order valence-electron chi connectivity index (χ1n) is 5.11. The van der Waals surface area contributed by atoms with Crippen molar-refractivity contribution in [2.75, 3.05) is 18.4 Å². The summed E-state index contributed by atoms with van der Waals surface area (Å²) < 4.78 is 1.18. The van der Waals surface area contributed by atoms with E-state index >= 15 is 0 Å². The number of halogens is 1. The quantitative estimate of drug-likeness (QED) is 0.741. The van der Waals surface area contributed by atoms with E-state index in [1.54, 1.807) is 0 Å². The van der Waals surface area contributed by atoms with Crippen LogP contribution in [0.5, 0.6) is 0 Å². The Bertz CT molecular complexity index is 364. The van der Waals surface area contributed by atoms with Crippen molar-refractivity contribution in [1.29, 1.82) is 0 Å². The van der Waals surface area contributed by atoms with Gasteiger partial charge in [-0.05, 0) is 36.7 Å². The molecule has 0 aromatic heterocycles. The normalized spacial score (nSPS) is 29.2. The Hall–Kier alpha value is -0.540. The summed E-state index contributed by atoms with van der Waals surface area (Å²) in [5.41, 5.74) is 2.79. The smallest absolute Gasteiger partial charge is 0.0380 e. The van der Waals surface area contributed by atoms with Gasteiger partial charge in [0.05, 0.1) is 0 Å². The number of piperidine rings is 1. The van der Waals surface area contributed by atoms with E-state index < -0.39 is 0 Å². The number of nitrogens with one attached hydrogen (secondary N) is 2. The number of benzene rings is 1. The molecule has 0 aliphatic carbocycles. The molecule has 14 heavy (non-hydrogen) atoms. The summed E-state index contributed by atoms with van der Waals surface area (Å²) in [4.78, 5) is 0. The molecule has 2 aliphatic rings. The van der Waals surface area contributed by atoms with Crippen LogP contribution in [0.4, 0.5) is 5.69 Å². The fraction of sp³-hybridized carbons (Fsp3) is 0.455. The van der Waals surface area contributed by atoms with Crippen molar-refractivity contribution in [3.8, 4) is 0 Å². The summed E-state index contributed by atoms with van der Waals surface area (Å²) in [6, 6.07) is 7.19. The van der Waals surface area contributed by atoms with E-state index in [-0.39, 0.29) is 0 Å². The average Bonchev–Trinajstić information content (AvgIpc) is 2.56. The van der Waals surface area contributed by atoms with Crippen LogP contribution >= 0.6 is 15.9 Å². The Labute approximate surface area is 92.2 Å². The monoisotopic (exact) mass is 252 g/mol. The third-order valence-electron chi connectivity index (χ3n) is 3.24. The number of anilines is 1. The first-order chi connectivity index (χ1) is 6.84. The Morgan fingerprint density at radius 1 is 1.36 bits per heavy atom. The second-order valence-corrected chi connectivity index (χ2v) is 5.00. The molecule has 0 radical (unpaired) electrons. The van der Waals surface area contributed by atoms with Crippen LogP contribution in [0, 0.1) is 0 Å². The van der Waals surface area contributed by atoms with Crippen molar-refractivity contribution in [2.24, 2.45) is 0 Å². The van der Waals surface area contributed by atoms with E-state index in [1.807, 2.05) is 0 Å². The summed E-state index contributed by atoms with van der Waals surface area (Å²) in [5, 5.41) is 7.06. The molecule has 1 aromatic carbocycles. The molecule has 74 valence electrons. The zero-order valence-corrected chi connectivity index (χ0v) is 9.47. The minimum Gasteiger partial charge on any atom is -0.381 e. The lowest BCUT2D eigenvalue weighted by Gasteiger charge is -2.26. The van der Waals surface area contributed by atoms with Gasteiger partial charge in [-0.2, -0.15) is 0 Å². The maximum absolute atomic E-state index is 3.60. The summed E-state index contributed by atoms with van der Waals surface area (Å²) in [5.74, 6) is 0.663. The summed E-state index contributed by atoms with van der Waals surface area (Å²) in [7, 11) is 0. The maximum Gasteiger partial charge on any atom is 0.0380 e. The van der Waals surface area contributed by atoms with Gasteiger partial charge in [0.15, 0.2) is 0 Å². The van der Waals surface area contributed by atoms with Gasteiger partial charge in [-0.1, -0.05) is 15.9 Å². The highest BCUT2D eigenvalue weighted by atomic mass is 79.9. The molecule has 0 bridgehead atoms. The van der Waals surface area contributed by atoms with Gasteiger partial charge in [-0.25, -0.2) is 0 Å². The average molecular weight is 253 g/mol. The SMILES string of the molecule is Brc1ccc2c(c1)[C@@H]1CNCC[C@@H]1N2. The van der Waals surface area contributed by atoms with Crippen LogP contribution in [0.2, 0.25) is 0 Å². The second-order valence-electron chi connectivity index (χ2n) is 4.08. The Morgan fingerprint density at radius 2 is 2.29 bits per heavy atom. The van der Waals surface area contributed by atoms with Gasteiger partial charge in [-0.3, -0.25) is 0 Å². The lowest BCUT2D eigenvalue weighted by molar-refractivity contribution is 0.440. The van der Waals surface area contributed by atoms with E-state index in [4.69, 9.17) is 0 Å². The zero-order valence-electron chi connectivity index (χ0n) is 7.89. The van der Waals surface area contributed by atoms with Gasteiger partial charge in [0.1, 0.15) is 0 Å². The molecule has 1 saturated heterocycles. The van der Waals surface area contributed by atoms with Crippen LogP contribution in [-0.4, -0.2) is 19.1 Å². The van der Waals surface area contributed by atoms with E-state index in [0.717, 1.165) is 13.1 Å². The maximum atomic E-state index is 3.60. The molecule has 2 atom stereocenters. The molecule has 3 heteroatoms. The molecule has 1 fully saturated rings. The first-order valence-corrected chi connectivity index (χ1v) is 5.90. The minimum absolute atomic E-state index is 0.653. The molecule has 0 spiro atoms. The van der Waals surface area contributed by atoms with E-state index in [9.17, 15) is 0 Å². The molecule has 2 nitrogen and oxygen atoms in total. The highest BCUT2D eigenvalue weighted by molar-refractivity contribution is 9.10.